The lowest BCUT2D eigenvalue weighted by Gasteiger charge is -2.08. The van der Waals surface area contributed by atoms with Gasteiger partial charge in [-0.2, -0.15) is 11.8 Å². The van der Waals surface area contributed by atoms with Gasteiger partial charge in [0.2, 0.25) is 0 Å². The van der Waals surface area contributed by atoms with Crippen molar-refractivity contribution >= 4 is 45.2 Å². The second-order valence-electron chi connectivity index (χ2n) is 4.49. The van der Waals surface area contributed by atoms with Crippen LogP contribution >= 0.6 is 39.3 Å². The monoisotopic (exact) mass is 401 g/mol. The minimum absolute atomic E-state index is 0.128. The lowest BCUT2D eigenvalue weighted by molar-refractivity contribution is 0.0955. The van der Waals surface area contributed by atoms with E-state index in [2.05, 4.69) is 21.2 Å². The molecule has 2 rings (SSSR count). The average Bonchev–Trinajstić information content (AvgIpc) is 2.49. The molecule has 0 unspecified atom stereocenters. The zero-order valence-electron chi connectivity index (χ0n) is 11.6. The summed E-state index contributed by atoms with van der Waals surface area (Å²) in [4.78, 5) is 12.0. The van der Waals surface area contributed by atoms with Gasteiger partial charge in [-0.15, -0.1) is 0 Å². The first kappa shape index (κ1) is 17.3. The Morgan fingerprint density at radius 3 is 2.73 bits per heavy atom. The molecular weight excluding hydrogens is 389 g/mol. The SMILES string of the molecule is O=C(NCCSCc1c(F)cccc1Cl)c1ccccc1Br. The van der Waals surface area contributed by atoms with Crippen LogP contribution in [0.1, 0.15) is 15.9 Å². The van der Waals surface area contributed by atoms with Crippen molar-refractivity contribution in [2.45, 2.75) is 5.75 Å². The molecular formula is C16H14BrClFNOS. The minimum atomic E-state index is -0.294. The second kappa shape index (κ2) is 8.56. The van der Waals surface area contributed by atoms with Crippen molar-refractivity contribution in [2.75, 3.05) is 12.3 Å². The first-order valence-corrected chi connectivity index (χ1v) is 8.95. The third-order valence-corrected chi connectivity index (χ3v) is 4.99. The number of amides is 1. The van der Waals surface area contributed by atoms with Gasteiger partial charge in [-0.25, -0.2) is 4.39 Å². The standard InChI is InChI=1S/C16H14BrClFNOS/c17-13-5-2-1-4-11(13)16(21)20-8-9-22-10-12-14(18)6-3-7-15(12)19/h1-7H,8-10H2,(H,20,21). The van der Waals surface area contributed by atoms with Crippen molar-refractivity contribution in [2.24, 2.45) is 0 Å². The van der Waals surface area contributed by atoms with Crippen molar-refractivity contribution < 1.29 is 9.18 Å². The lowest BCUT2D eigenvalue weighted by atomic mass is 10.2. The number of hydrogen-bond donors (Lipinski definition) is 1. The lowest BCUT2D eigenvalue weighted by Crippen LogP contribution is -2.26. The molecule has 6 heteroatoms. The Bertz CT molecular complexity index is 648. The van der Waals surface area contributed by atoms with E-state index in [1.165, 1.54) is 17.8 Å². The maximum absolute atomic E-state index is 13.6. The predicted octanol–water partition coefficient (Wildman–Crippen LogP) is 4.90. The number of nitrogens with one attached hydrogen (secondary N) is 1. The Morgan fingerprint density at radius 2 is 2.00 bits per heavy atom. The largest absolute Gasteiger partial charge is 0.351 e. The quantitative estimate of drug-likeness (QED) is 0.696. The van der Waals surface area contributed by atoms with Crippen LogP contribution in [0.3, 0.4) is 0 Å². The van der Waals surface area contributed by atoms with E-state index >= 15 is 0 Å². The van der Waals surface area contributed by atoms with Crippen LogP contribution in [0.15, 0.2) is 46.9 Å². The normalized spacial score (nSPS) is 10.5. The molecule has 0 radical (unpaired) electrons. The highest BCUT2D eigenvalue weighted by atomic mass is 79.9. The summed E-state index contributed by atoms with van der Waals surface area (Å²) in [6.07, 6.45) is 0. The third kappa shape index (κ3) is 4.73. The fraction of sp³-hybridized carbons (Fsp3) is 0.188. The molecule has 2 nitrogen and oxygen atoms in total. The van der Waals surface area contributed by atoms with Gasteiger partial charge in [0.1, 0.15) is 5.82 Å². The molecule has 0 bridgehead atoms. The molecule has 0 heterocycles. The summed E-state index contributed by atoms with van der Waals surface area (Å²) >= 11 is 10.8. The predicted molar refractivity (Wildman–Crippen MR) is 94.0 cm³/mol. The molecule has 0 spiro atoms. The Kier molecular flexibility index (Phi) is 6.73. The molecule has 1 amide bonds. The number of hydrogen-bond acceptors (Lipinski definition) is 2. The molecule has 0 aliphatic rings. The topological polar surface area (TPSA) is 29.1 Å². The van der Waals surface area contributed by atoms with Gasteiger partial charge in [-0.05, 0) is 40.2 Å². The number of thioether (sulfide) groups is 1. The van der Waals surface area contributed by atoms with E-state index in [1.807, 2.05) is 18.2 Å². The molecule has 0 atom stereocenters. The number of halogens is 3. The van der Waals surface area contributed by atoms with Crippen molar-refractivity contribution in [1.29, 1.82) is 0 Å². The van der Waals surface area contributed by atoms with Crippen LogP contribution in [0.25, 0.3) is 0 Å². The van der Waals surface area contributed by atoms with E-state index in [1.54, 1.807) is 18.2 Å². The summed E-state index contributed by atoms with van der Waals surface area (Å²) in [7, 11) is 0. The third-order valence-electron chi connectivity index (χ3n) is 2.96. The molecule has 1 N–H and O–H groups in total. The van der Waals surface area contributed by atoms with Crippen LogP contribution in [-0.4, -0.2) is 18.2 Å². The van der Waals surface area contributed by atoms with Gasteiger partial charge >= 0.3 is 0 Å². The van der Waals surface area contributed by atoms with Crippen LogP contribution < -0.4 is 5.32 Å². The van der Waals surface area contributed by atoms with E-state index in [0.717, 1.165) is 4.47 Å². The van der Waals surface area contributed by atoms with Gasteiger partial charge in [0, 0.05) is 33.1 Å². The number of rotatable bonds is 6. The number of benzene rings is 2. The molecule has 22 heavy (non-hydrogen) atoms. The second-order valence-corrected chi connectivity index (χ2v) is 6.86. The van der Waals surface area contributed by atoms with Gasteiger partial charge in [0.05, 0.1) is 5.56 Å². The molecule has 0 saturated carbocycles. The summed E-state index contributed by atoms with van der Waals surface area (Å²) < 4.78 is 14.3. The summed E-state index contributed by atoms with van der Waals surface area (Å²) in [6.45, 7) is 0.511. The van der Waals surface area contributed by atoms with Crippen LogP contribution in [0, 0.1) is 5.82 Å². The van der Waals surface area contributed by atoms with Crippen LogP contribution in [0.2, 0.25) is 5.02 Å². The van der Waals surface area contributed by atoms with E-state index in [4.69, 9.17) is 11.6 Å². The highest BCUT2D eigenvalue weighted by Gasteiger charge is 2.09. The minimum Gasteiger partial charge on any atom is -0.351 e. The van der Waals surface area contributed by atoms with Crippen molar-refractivity contribution in [3.63, 3.8) is 0 Å². The Balaban J connectivity index is 1.76. The maximum Gasteiger partial charge on any atom is 0.252 e. The van der Waals surface area contributed by atoms with Crippen molar-refractivity contribution in [3.8, 4) is 0 Å². The molecule has 0 saturated heterocycles. The Morgan fingerprint density at radius 1 is 1.23 bits per heavy atom. The molecule has 0 aromatic heterocycles. The zero-order chi connectivity index (χ0) is 15.9. The molecule has 116 valence electrons. The fourth-order valence-corrected chi connectivity index (χ4v) is 3.48. The molecule has 2 aromatic rings. The Labute approximate surface area is 146 Å². The molecule has 2 aromatic carbocycles. The van der Waals surface area contributed by atoms with Gasteiger partial charge in [-0.3, -0.25) is 4.79 Å². The zero-order valence-corrected chi connectivity index (χ0v) is 14.8. The van der Waals surface area contributed by atoms with Crippen LogP contribution in [-0.2, 0) is 5.75 Å². The first-order chi connectivity index (χ1) is 10.6. The van der Waals surface area contributed by atoms with E-state index < -0.39 is 0 Å². The van der Waals surface area contributed by atoms with Crippen LogP contribution in [0.4, 0.5) is 4.39 Å². The summed E-state index contributed by atoms with van der Waals surface area (Å²) in [5.74, 6) is 0.742. The van der Waals surface area contributed by atoms with E-state index in [-0.39, 0.29) is 11.7 Å². The highest BCUT2D eigenvalue weighted by Crippen LogP contribution is 2.23. The first-order valence-electron chi connectivity index (χ1n) is 6.63. The molecule has 0 aliphatic carbocycles. The summed E-state index contributed by atoms with van der Waals surface area (Å²) in [5.41, 5.74) is 1.11. The van der Waals surface area contributed by atoms with E-state index in [9.17, 15) is 9.18 Å². The maximum atomic E-state index is 13.6. The van der Waals surface area contributed by atoms with Crippen molar-refractivity contribution in [1.82, 2.24) is 5.32 Å². The number of carbonyl (C=O) groups is 1. The van der Waals surface area contributed by atoms with Crippen molar-refractivity contribution in [3.05, 3.63) is 68.9 Å². The fourth-order valence-electron chi connectivity index (χ4n) is 1.82. The summed E-state index contributed by atoms with van der Waals surface area (Å²) in [5, 5.41) is 3.27. The smallest absolute Gasteiger partial charge is 0.252 e. The average molecular weight is 403 g/mol. The van der Waals surface area contributed by atoms with E-state index in [0.29, 0.717) is 34.2 Å². The molecule has 0 aliphatic heterocycles. The van der Waals surface area contributed by atoms with Gasteiger partial charge in [0.25, 0.3) is 5.91 Å². The van der Waals surface area contributed by atoms with Crippen LogP contribution in [0.5, 0.6) is 0 Å². The Hall–Kier alpha value is -1.04. The molecule has 0 fully saturated rings. The van der Waals surface area contributed by atoms with Gasteiger partial charge < -0.3 is 5.32 Å². The number of carbonyl (C=O) groups excluding carboxylic acids is 1. The van der Waals surface area contributed by atoms with Gasteiger partial charge in [-0.1, -0.05) is 29.8 Å². The summed E-state index contributed by atoms with van der Waals surface area (Å²) in [6, 6.07) is 11.9. The van der Waals surface area contributed by atoms with Gasteiger partial charge in [0.15, 0.2) is 0 Å². The highest BCUT2D eigenvalue weighted by molar-refractivity contribution is 9.10.